The van der Waals surface area contributed by atoms with E-state index in [1.54, 1.807) is 0 Å². The highest BCUT2D eigenvalue weighted by Gasteiger charge is 2.59. The Morgan fingerprint density at radius 3 is 0.663 bits per heavy atom. The molecular formula is C37H40O51P2S2. The van der Waals surface area contributed by atoms with Crippen molar-refractivity contribution in [1.29, 1.82) is 0 Å². The largest absolute Gasteiger partial charge is 0.530 e. The molecule has 0 saturated heterocycles. The minimum atomic E-state index is -7.02. The van der Waals surface area contributed by atoms with Gasteiger partial charge in [-0.3, -0.25) is 85.5 Å². The molecule has 0 rings (SSSR count). The highest BCUT2D eigenvalue weighted by atomic mass is 32.3. The molecule has 0 aromatic heterocycles. The van der Waals surface area contributed by atoms with Crippen LogP contribution in [0, 0.1) is 0 Å². The third-order valence-electron chi connectivity index (χ3n) is 10.1. The van der Waals surface area contributed by atoms with Crippen molar-refractivity contribution < 1.29 is 243 Å². The Hall–Kier alpha value is -10.2. The summed E-state index contributed by atoms with van der Waals surface area (Å²) in [5.74, 6) is -48.4. The van der Waals surface area contributed by atoms with Gasteiger partial charge >= 0.3 is 150 Å². The topological polar surface area (TPSA) is 843 Å². The molecule has 0 aromatic rings. The summed E-state index contributed by atoms with van der Waals surface area (Å²) in [6, 6.07) is 0. The summed E-state index contributed by atoms with van der Waals surface area (Å²) < 4.78 is 128. The van der Waals surface area contributed by atoms with Crippen LogP contribution in [0.5, 0.6) is 0 Å². The molecule has 55 heteroatoms. The molecular weight excluding hydrogens is 1390 g/mol. The molecule has 0 spiro atoms. The number of aliphatic carboxylic acids is 12. The van der Waals surface area contributed by atoms with Crippen LogP contribution in [0.1, 0.15) is 77.0 Å². The van der Waals surface area contributed by atoms with Gasteiger partial charge in [0.2, 0.25) is 22.4 Å². The molecule has 0 radical (unpaired) electrons. The number of carbonyl (C=O) groups is 19. The Balaban J connectivity index is 7.47. The van der Waals surface area contributed by atoms with Crippen LogP contribution in [0.4, 0.5) is 4.79 Å². The van der Waals surface area contributed by atoms with E-state index < -0.39 is 261 Å². The second-order valence-electron chi connectivity index (χ2n) is 17.5. The van der Waals surface area contributed by atoms with Gasteiger partial charge in [-0.25, -0.2) is 42.7 Å². The Bertz CT molecular complexity index is 3210. The highest BCUT2D eigenvalue weighted by molar-refractivity contribution is 7.81. The van der Waals surface area contributed by atoms with E-state index in [9.17, 15) is 188 Å². The van der Waals surface area contributed by atoms with Crippen LogP contribution < -0.4 is 0 Å². The lowest BCUT2D eigenvalue weighted by molar-refractivity contribution is -0.191. The van der Waals surface area contributed by atoms with Crippen LogP contribution in [-0.4, -0.2) is 244 Å². The number of ether oxygens (including phenoxy) is 4. The van der Waals surface area contributed by atoms with Gasteiger partial charge in [-0.05, 0) is 0 Å². The summed E-state index contributed by atoms with van der Waals surface area (Å²) in [5.41, 5.74) is -25.4. The number of rotatable bonds is 42. The molecule has 0 heterocycles. The number of carbonyl (C=O) groups excluding carboxylic acids is 7. The van der Waals surface area contributed by atoms with Crippen molar-refractivity contribution in [2.24, 2.45) is 0 Å². The van der Waals surface area contributed by atoms with Crippen molar-refractivity contribution in [1.82, 2.24) is 0 Å². The van der Waals surface area contributed by atoms with Crippen molar-refractivity contribution in [3.05, 3.63) is 0 Å². The average Bonchev–Trinajstić information content (AvgIpc) is 2.70. The van der Waals surface area contributed by atoms with Crippen molar-refractivity contribution >= 4 is 150 Å². The zero-order chi connectivity index (χ0) is 72.5. The zero-order valence-corrected chi connectivity index (χ0v) is 47.6. The zero-order valence-electron chi connectivity index (χ0n) is 44.1. The van der Waals surface area contributed by atoms with Gasteiger partial charge < -0.3 is 97.6 Å². The van der Waals surface area contributed by atoms with E-state index in [0.717, 1.165) is 0 Å². The van der Waals surface area contributed by atoms with E-state index in [1.165, 1.54) is 0 Å². The molecule has 51 nitrogen and oxygen atoms in total. The van der Waals surface area contributed by atoms with Crippen LogP contribution >= 0.6 is 15.6 Å². The molecule has 0 amide bonds. The third-order valence-corrected chi connectivity index (χ3v) is 12.9. The van der Waals surface area contributed by atoms with Crippen molar-refractivity contribution in [2.75, 3.05) is 0 Å². The lowest BCUT2D eigenvalue weighted by Gasteiger charge is -2.32. The fourth-order valence-electron chi connectivity index (χ4n) is 6.76. The summed E-state index contributed by atoms with van der Waals surface area (Å²) in [4.78, 5) is 255. The van der Waals surface area contributed by atoms with Gasteiger partial charge in [0.05, 0.1) is 77.0 Å². The first-order valence-corrected chi connectivity index (χ1v) is 28.0. The van der Waals surface area contributed by atoms with Gasteiger partial charge in [-0.15, -0.1) is 0 Å². The molecule has 8 atom stereocenters. The first kappa shape index (κ1) is 81.8. The molecule has 0 fully saturated rings. The van der Waals surface area contributed by atoms with E-state index in [1.807, 2.05) is 0 Å². The molecule has 516 valence electrons. The summed E-state index contributed by atoms with van der Waals surface area (Å²) in [7, 11) is -25.8. The number of phosphoric ester groups is 2. The summed E-state index contributed by atoms with van der Waals surface area (Å²) in [6.07, 6.45) is -32.0. The summed E-state index contributed by atoms with van der Waals surface area (Å²) in [5, 5.41) is 115. The molecule has 0 aromatic carbocycles. The van der Waals surface area contributed by atoms with Crippen LogP contribution in [-0.2, 0) is 162 Å². The van der Waals surface area contributed by atoms with Crippen molar-refractivity contribution in [3.63, 3.8) is 0 Å². The number of carboxylic acids is 12. The smallest absolute Gasteiger partial charge is 0.481 e. The standard InChI is InChI=1S/C37H40O51P2S2/c38-13(39)1-32(25(56)57,11-23(54)85-91(73,74)75)79-19(50)7-36(29(64)65,5-17(46)47)87-89(69,70)83-21(52)9-34(27(60)61,3-15(42)43)81-31(68)82-35(28(62)63,4-16(44)45)10-22(53)84-90(71,72)88-37(30(66)67,6-18(48)49)8-20(51)80-33(26(58)59,2-14(40)41)12-24(55)86-92(76,77)78/h1-12H2,(H,38,39)(H,40,41)(H,42,43)(H,44,45)(H,46,47)(H,48,49)(H,56,57)(H,58,59)(H,60,61)(H,62,63)(H,64,65)(H,66,67)(H,69,70)(H,71,72)(H,73,74,75)(H,76,77,78). The summed E-state index contributed by atoms with van der Waals surface area (Å²) >= 11 is 0. The normalized spacial score (nSPS) is 16.6. The van der Waals surface area contributed by atoms with Crippen LogP contribution in [0.2, 0.25) is 0 Å². The second-order valence-corrected chi connectivity index (χ2v) is 22.1. The highest BCUT2D eigenvalue weighted by Crippen LogP contribution is 2.52. The maximum atomic E-state index is 13.2. The maximum Gasteiger partial charge on any atom is 0.530 e. The van der Waals surface area contributed by atoms with E-state index >= 15 is 0 Å². The van der Waals surface area contributed by atoms with E-state index in [4.69, 9.17) is 9.11 Å². The first-order chi connectivity index (χ1) is 41.3. The lowest BCUT2D eigenvalue weighted by Crippen LogP contribution is -2.51. The van der Waals surface area contributed by atoms with Crippen molar-refractivity contribution in [3.8, 4) is 0 Å². The molecule has 0 saturated carbocycles. The Morgan fingerprint density at radius 2 is 0.467 bits per heavy atom. The van der Waals surface area contributed by atoms with Gasteiger partial charge in [0, 0.05) is 0 Å². The van der Waals surface area contributed by atoms with Crippen molar-refractivity contribution in [2.45, 2.75) is 111 Å². The first-order valence-electron chi connectivity index (χ1n) is 22.3. The Labute approximate surface area is 502 Å². The molecule has 0 aliphatic heterocycles. The molecule has 92 heavy (non-hydrogen) atoms. The van der Waals surface area contributed by atoms with Gasteiger partial charge in [-0.2, -0.15) is 16.8 Å². The average molecular weight is 1430 g/mol. The molecule has 0 bridgehead atoms. The lowest BCUT2D eigenvalue weighted by atomic mass is 9.93. The SMILES string of the molecule is O=C(O)CC(CC(=O)OS(=O)(=O)O)(OC(=O)CC(CC(=O)O)(OP(=O)(O)OC(=O)CC(CC(=O)O)(OC(=O)OC(CC(=O)O)(CC(=O)OP(=O)(O)OC(CC(=O)O)(CC(=O)OC(CC(=O)O)(CC(=O)OS(=O)(=O)O)C(=O)O)C(=O)O)C(=O)O)C(=O)O)C(=O)O)C(=O)O. The predicted octanol–water partition coefficient (Wildman–Crippen LogP) is -5.63. The molecule has 16 N–H and O–H groups in total. The third kappa shape index (κ3) is 26.1. The van der Waals surface area contributed by atoms with E-state index in [0.29, 0.717) is 0 Å². The second kappa shape index (κ2) is 31.0. The van der Waals surface area contributed by atoms with Crippen LogP contribution in [0.3, 0.4) is 0 Å². The fraction of sp³-hybridized carbons (Fsp3) is 0.486. The number of phosphoric acid groups is 2. The summed E-state index contributed by atoms with van der Waals surface area (Å²) in [6.45, 7) is 0. The van der Waals surface area contributed by atoms with E-state index in [-0.39, 0.29) is 0 Å². The number of hydrogen-bond donors (Lipinski definition) is 16. The Kier molecular flexibility index (Phi) is 27.6. The van der Waals surface area contributed by atoms with Crippen LogP contribution in [0.25, 0.3) is 0 Å². The quantitative estimate of drug-likeness (QED) is 0.0117. The van der Waals surface area contributed by atoms with Gasteiger partial charge in [0.25, 0.3) is 0 Å². The molecule has 0 aliphatic carbocycles. The molecule has 0 aliphatic rings. The van der Waals surface area contributed by atoms with Gasteiger partial charge in [-0.1, -0.05) is 0 Å². The predicted molar refractivity (Wildman–Crippen MR) is 252 cm³/mol. The monoisotopic (exact) mass is 1430 g/mol. The van der Waals surface area contributed by atoms with E-state index in [2.05, 4.69) is 45.4 Å². The Morgan fingerprint density at radius 1 is 0.283 bits per heavy atom. The number of esters is 2. The minimum Gasteiger partial charge on any atom is -0.481 e. The maximum absolute atomic E-state index is 13.2. The van der Waals surface area contributed by atoms with Gasteiger partial charge in [0.1, 0.15) is 0 Å². The number of hydrogen-bond acceptors (Lipinski definition) is 35. The van der Waals surface area contributed by atoms with Crippen LogP contribution in [0.15, 0.2) is 0 Å². The number of carboxylic acid groups (broad SMARTS) is 12. The van der Waals surface area contributed by atoms with Gasteiger partial charge in [0.15, 0.2) is 11.2 Å². The minimum absolute atomic E-state index is 2.14. The fourth-order valence-corrected chi connectivity index (χ4v) is 9.36. The molecule has 8 unspecified atom stereocenters.